The van der Waals surface area contributed by atoms with Crippen LogP contribution in [-0.2, 0) is 9.31 Å². The normalized spacial score (nSPS) is 18.8. The van der Waals surface area contributed by atoms with Crippen LogP contribution in [0.2, 0.25) is 0 Å². The fourth-order valence-electron chi connectivity index (χ4n) is 2.52. The van der Waals surface area contributed by atoms with E-state index in [1.807, 2.05) is 52.8 Å². The number of methoxy groups -OCH3 is 1. The average molecular weight is 347 g/mol. The van der Waals surface area contributed by atoms with E-state index >= 15 is 0 Å². The highest BCUT2D eigenvalue weighted by Gasteiger charge is 2.52. The molecule has 1 saturated heterocycles. The van der Waals surface area contributed by atoms with E-state index in [0.717, 1.165) is 20.9 Å². The summed E-state index contributed by atoms with van der Waals surface area (Å²) in [6, 6.07) is 5.78. The van der Waals surface area contributed by atoms with Gasteiger partial charge in [-0.3, -0.25) is 0 Å². The van der Waals surface area contributed by atoms with Gasteiger partial charge >= 0.3 is 7.12 Å². The highest BCUT2D eigenvalue weighted by atomic mass is 32.1. The van der Waals surface area contributed by atoms with Crippen LogP contribution < -0.4 is 10.2 Å². The molecular formula is C17H22BNO4S. The van der Waals surface area contributed by atoms with Gasteiger partial charge in [0.1, 0.15) is 10.8 Å². The van der Waals surface area contributed by atoms with Crippen LogP contribution in [0.4, 0.5) is 0 Å². The minimum absolute atomic E-state index is 0.0732. The van der Waals surface area contributed by atoms with E-state index in [-0.39, 0.29) is 5.88 Å². The molecule has 0 saturated carbocycles. The molecule has 1 aliphatic heterocycles. The van der Waals surface area contributed by atoms with E-state index in [0.29, 0.717) is 5.75 Å². The summed E-state index contributed by atoms with van der Waals surface area (Å²) in [6.45, 7) is 9.93. The third-order valence-corrected chi connectivity index (χ3v) is 5.77. The number of hydrogen-bond acceptors (Lipinski definition) is 6. The summed E-state index contributed by atoms with van der Waals surface area (Å²) in [5.74, 6) is 0.752. The van der Waals surface area contributed by atoms with Gasteiger partial charge in [0.2, 0.25) is 5.88 Å². The Morgan fingerprint density at radius 1 is 1.17 bits per heavy atom. The zero-order valence-corrected chi connectivity index (χ0v) is 15.7. The van der Waals surface area contributed by atoms with Crippen LogP contribution in [0.1, 0.15) is 32.6 Å². The zero-order valence-electron chi connectivity index (χ0n) is 14.8. The van der Waals surface area contributed by atoms with Gasteiger partial charge in [0.15, 0.2) is 0 Å². The highest BCUT2D eigenvalue weighted by molar-refractivity contribution is 7.15. The number of nitrogens with zero attached hydrogens (tertiary/aromatic N) is 1. The molecule has 1 N–H and O–H groups in total. The summed E-state index contributed by atoms with van der Waals surface area (Å²) in [5.41, 5.74) is 0.928. The molecule has 0 aliphatic carbocycles. The fraction of sp³-hybridized carbons (Fsp3) is 0.471. The topological polar surface area (TPSA) is 60.8 Å². The second kappa shape index (κ2) is 5.76. The first-order valence-electron chi connectivity index (χ1n) is 7.85. The van der Waals surface area contributed by atoms with Crippen molar-refractivity contribution in [2.45, 2.75) is 45.8 Å². The van der Waals surface area contributed by atoms with E-state index in [1.165, 1.54) is 11.3 Å². The first-order valence-corrected chi connectivity index (χ1v) is 8.66. The van der Waals surface area contributed by atoms with Gasteiger partial charge in [-0.2, -0.15) is 0 Å². The van der Waals surface area contributed by atoms with Crippen LogP contribution in [0.15, 0.2) is 18.2 Å². The van der Waals surface area contributed by atoms with Crippen LogP contribution >= 0.6 is 11.3 Å². The van der Waals surface area contributed by atoms with Crippen molar-refractivity contribution >= 4 is 23.9 Å². The molecule has 1 fully saturated rings. The van der Waals surface area contributed by atoms with Crippen LogP contribution in [0.5, 0.6) is 11.6 Å². The Labute approximate surface area is 146 Å². The van der Waals surface area contributed by atoms with Crippen molar-refractivity contribution in [2.24, 2.45) is 0 Å². The Morgan fingerprint density at radius 3 is 2.29 bits per heavy atom. The van der Waals surface area contributed by atoms with E-state index in [4.69, 9.17) is 14.0 Å². The number of aromatic nitrogens is 1. The van der Waals surface area contributed by atoms with Gasteiger partial charge in [0.25, 0.3) is 0 Å². The second-order valence-electron chi connectivity index (χ2n) is 6.94. The van der Waals surface area contributed by atoms with Crippen molar-refractivity contribution in [3.63, 3.8) is 0 Å². The van der Waals surface area contributed by atoms with Gasteiger partial charge in [-0.25, -0.2) is 4.98 Å². The van der Waals surface area contributed by atoms with Crippen LogP contribution in [-0.4, -0.2) is 35.5 Å². The third kappa shape index (κ3) is 2.81. The summed E-state index contributed by atoms with van der Waals surface area (Å²) < 4.78 is 17.8. The van der Waals surface area contributed by atoms with Gasteiger partial charge in [-0.05, 0) is 40.7 Å². The predicted molar refractivity (Wildman–Crippen MR) is 96.2 cm³/mol. The summed E-state index contributed by atoms with van der Waals surface area (Å²) in [6.07, 6.45) is 0. The van der Waals surface area contributed by atoms with Gasteiger partial charge in [0.05, 0.1) is 23.2 Å². The third-order valence-electron chi connectivity index (χ3n) is 4.76. The molecule has 24 heavy (non-hydrogen) atoms. The summed E-state index contributed by atoms with van der Waals surface area (Å²) in [5, 5.41) is 10.5. The lowest BCUT2D eigenvalue weighted by atomic mass is 9.78. The van der Waals surface area contributed by atoms with Crippen molar-refractivity contribution in [2.75, 3.05) is 7.11 Å². The van der Waals surface area contributed by atoms with Gasteiger partial charge in [-0.15, -0.1) is 11.3 Å². The molecule has 0 unspecified atom stereocenters. The summed E-state index contributed by atoms with van der Waals surface area (Å²) in [4.78, 5) is 4.98. The zero-order chi connectivity index (χ0) is 17.7. The van der Waals surface area contributed by atoms with Gasteiger partial charge < -0.3 is 19.2 Å². The van der Waals surface area contributed by atoms with Crippen molar-refractivity contribution < 1.29 is 19.2 Å². The monoisotopic (exact) mass is 347 g/mol. The van der Waals surface area contributed by atoms with E-state index < -0.39 is 18.3 Å². The Bertz CT molecular complexity index is 736. The minimum Gasteiger partial charge on any atom is -0.497 e. The number of aryl methyl sites for hydroxylation is 1. The van der Waals surface area contributed by atoms with E-state index in [2.05, 4.69) is 4.98 Å². The number of thiazole rings is 1. The molecule has 2 aromatic rings. The Morgan fingerprint density at radius 2 is 1.79 bits per heavy atom. The smallest absolute Gasteiger partial charge is 0.497 e. The maximum absolute atomic E-state index is 9.70. The second-order valence-corrected chi connectivity index (χ2v) is 8.15. The SMILES string of the molecule is COc1cc(-c2nc(O)c(C)s2)ccc1B1OC(C)(C)C(C)(C)O1. The number of benzene rings is 1. The van der Waals surface area contributed by atoms with Crippen molar-refractivity contribution in [1.29, 1.82) is 0 Å². The Balaban J connectivity index is 1.96. The first kappa shape index (κ1) is 17.3. The molecule has 0 bridgehead atoms. The van der Waals surface area contributed by atoms with Crippen LogP contribution in [0, 0.1) is 6.92 Å². The van der Waals surface area contributed by atoms with Crippen molar-refractivity contribution in [3.05, 3.63) is 23.1 Å². The maximum atomic E-state index is 9.70. The van der Waals surface area contributed by atoms with Gasteiger partial charge in [0, 0.05) is 11.0 Å². The fourth-order valence-corrected chi connectivity index (χ4v) is 3.32. The maximum Gasteiger partial charge on any atom is 0.498 e. The molecule has 0 amide bonds. The molecule has 1 aliphatic rings. The molecule has 0 spiro atoms. The molecular weight excluding hydrogens is 325 g/mol. The quantitative estimate of drug-likeness (QED) is 0.865. The van der Waals surface area contributed by atoms with Gasteiger partial charge in [-0.1, -0.05) is 12.1 Å². The van der Waals surface area contributed by atoms with Crippen LogP contribution in [0.25, 0.3) is 10.6 Å². The number of aromatic hydroxyl groups is 1. The molecule has 5 nitrogen and oxygen atoms in total. The standard InChI is InChI=1S/C17H22BNO4S/c1-10-14(20)19-15(24-10)11-7-8-12(13(9-11)21-6)18-22-16(2,3)17(4,5)23-18/h7-9,20H,1-6H3. The molecule has 128 valence electrons. The summed E-state index contributed by atoms with van der Waals surface area (Å²) in [7, 11) is 1.14. The molecule has 7 heteroatoms. The molecule has 2 heterocycles. The lowest BCUT2D eigenvalue weighted by molar-refractivity contribution is 0.00578. The number of ether oxygens (including phenoxy) is 1. The number of hydrogen-bond donors (Lipinski definition) is 1. The van der Waals surface area contributed by atoms with Crippen LogP contribution in [0.3, 0.4) is 0 Å². The Hall–Kier alpha value is -1.57. The minimum atomic E-state index is -0.481. The first-order chi connectivity index (χ1) is 11.1. The Kier molecular flexibility index (Phi) is 4.14. The summed E-state index contributed by atoms with van der Waals surface area (Å²) >= 11 is 1.45. The highest BCUT2D eigenvalue weighted by Crippen LogP contribution is 2.38. The van der Waals surface area contributed by atoms with E-state index in [9.17, 15) is 5.11 Å². The number of rotatable bonds is 3. The van der Waals surface area contributed by atoms with Crippen molar-refractivity contribution in [1.82, 2.24) is 4.98 Å². The molecule has 3 rings (SSSR count). The largest absolute Gasteiger partial charge is 0.498 e. The molecule has 0 atom stereocenters. The predicted octanol–water partition coefficient (Wildman–Crippen LogP) is 3.13. The molecule has 1 aromatic carbocycles. The van der Waals surface area contributed by atoms with Crippen molar-refractivity contribution in [3.8, 4) is 22.2 Å². The lowest BCUT2D eigenvalue weighted by Crippen LogP contribution is -2.41. The molecule has 0 radical (unpaired) electrons. The molecule has 1 aromatic heterocycles. The average Bonchev–Trinajstić information content (AvgIpc) is 2.95. The van der Waals surface area contributed by atoms with E-state index in [1.54, 1.807) is 7.11 Å². The lowest BCUT2D eigenvalue weighted by Gasteiger charge is -2.32.